The van der Waals surface area contributed by atoms with Crippen molar-refractivity contribution in [3.8, 4) is 0 Å². The first-order valence-electron chi connectivity index (χ1n) is 5.75. The highest BCUT2D eigenvalue weighted by Crippen LogP contribution is 2.17. The molecule has 6 heteroatoms. The predicted molar refractivity (Wildman–Crippen MR) is 70.1 cm³/mol. The van der Waals surface area contributed by atoms with Gasteiger partial charge in [0.15, 0.2) is 0 Å². The van der Waals surface area contributed by atoms with Gasteiger partial charge in [-0.2, -0.15) is 0 Å². The number of aliphatic carboxylic acids is 1. The maximum Gasteiger partial charge on any atom is 0.307 e. The van der Waals surface area contributed by atoms with Gasteiger partial charge in [-0.05, 0) is 18.1 Å². The maximum atomic E-state index is 11.7. The van der Waals surface area contributed by atoms with Crippen molar-refractivity contribution < 1.29 is 18.3 Å². The van der Waals surface area contributed by atoms with Crippen LogP contribution in [0.3, 0.4) is 0 Å². The largest absolute Gasteiger partial charge is 0.481 e. The molecule has 0 aliphatic carbocycles. The number of anilines is 1. The standard InChI is InChI=1S/C12H17NO4S/c1-2-3-8-18(16,17)13-11-7-5-4-6-10(11)9-12(14)15/h4-7,13H,2-3,8-9H2,1H3,(H,14,15). The fourth-order valence-corrected chi connectivity index (χ4v) is 2.79. The van der Waals surface area contributed by atoms with Crippen LogP contribution in [0.25, 0.3) is 0 Å². The highest BCUT2D eigenvalue weighted by molar-refractivity contribution is 7.92. The van der Waals surface area contributed by atoms with E-state index in [2.05, 4.69) is 4.72 Å². The summed E-state index contributed by atoms with van der Waals surface area (Å²) in [6.45, 7) is 1.91. The van der Waals surface area contributed by atoms with Crippen LogP contribution in [0, 0.1) is 0 Å². The van der Waals surface area contributed by atoms with Crippen LogP contribution in [0.2, 0.25) is 0 Å². The van der Waals surface area contributed by atoms with Gasteiger partial charge in [-0.25, -0.2) is 8.42 Å². The monoisotopic (exact) mass is 271 g/mol. The van der Waals surface area contributed by atoms with Crippen molar-refractivity contribution in [2.75, 3.05) is 10.5 Å². The molecule has 0 atom stereocenters. The third-order valence-electron chi connectivity index (χ3n) is 2.39. The third-order valence-corrected chi connectivity index (χ3v) is 3.75. The molecule has 2 N–H and O–H groups in total. The first-order chi connectivity index (χ1) is 8.44. The molecule has 0 saturated carbocycles. The van der Waals surface area contributed by atoms with Crippen molar-refractivity contribution in [1.29, 1.82) is 0 Å². The van der Waals surface area contributed by atoms with Crippen molar-refractivity contribution in [1.82, 2.24) is 0 Å². The molecule has 1 rings (SSSR count). The summed E-state index contributed by atoms with van der Waals surface area (Å²) in [6.07, 6.45) is 1.17. The van der Waals surface area contributed by atoms with Crippen molar-refractivity contribution in [3.63, 3.8) is 0 Å². The van der Waals surface area contributed by atoms with Crippen LogP contribution in [0.4, 0.5) is 5.69 Å². The van der Waals surface area contributed by atoms with E-state index in [4.69, 9.17) is 5.11 Å². The highest BCUT2D eigenvalue weighted by atomic mass is 32.2. The summed E-state index contributed by atoms with van der Waals surface area (Å²) in [7, 11) is -3.40. The first kappa shape index (κ1) is 14.5. The summed E-state index contributed by atoms with van der Waals surface area (Å²) in [5.41, 5.74) is 0.807. The average molecular weight is 271 g/mol. The van der Waals surface area contributed by atoms with E-state index in [1.54, 1.807) is 24.3 Å². The Bertz CT molecular complexity index is 511. The first-order valence-corrected chi connectivity index (χ1v) is 7.40. The molecule has 1 aromatic carbocycles. The van der Waals surface area contributed by atoms with E-state index < -0.39 is 16.0 Å². The summed E-state index contributed by atoms with van der Waals surface area (Å²) in [6, 6.07) is 6.53. The van der Waals surface area contributed by atoms with Gasteiger partial charge in [0, 0.05) is 0 Å². The summed E-state index contributed by atoms with van der Waals surface area (Å²) in [5, 5.41) is 8.75. The van der Waals surface area contributed by atoms with Crippen LogP contribution in [-0.4, -0.2) is 25.2 Å². The molecule has 100 valence electrons. The molecule has 0 spiro atoms. The lowest BCUT2D eigenvalue weighted by Gasteiger charge is -2.11. The molecular weight excluding hydrogens is 254 g/mol. The average Bonchev–Trinajstić information content (AvgIpc) is 2.28. The Balaban J connectivity index is 2.86. The number of benzene rings is 1. The van der Waals surface area contributed by atoms with Gasteiger partial charge in [0.25, 0.3) is 0 Å². The molecule has 0 aromatic heterocycles. The van der Waals surface area contributed by atoms with E-state index in [-0.39, 0.29) is 12.2 Å². The van der Waals surface area contributed by atoms with Crippen molar-refractivity contribution in [2.45, 2.75) is 26.2 Å². The lowest BCUT2D eigenvalue weighted by Crippen LogP contribution is -2.18. The van der Waals surface area contributed by atoms with Crippen molar-refractivity contribution in [2.24, 2.45) is 0 Å². The molecule has 0 aliphatic heterocycles. The maximum absolute atomic E-state index is 11.7. The van der Waals surface area contributed by atoms with E-state index in [1.165, 1.54) is 0 Å². The molecule has 5 nitrogen and oxygen atoms in total. The van der Waals surface area contributed by atoms with Gasteiger partial charge in [-0.15, -0.1) is 0 Å². The lowest BCUT2D eigenvalue weighted by molar-refractivity contribution is -0.136. The summed E-state index contributed by atoms with van der Waals surface area (Å²) >= 11 is 0. The molecule has 0 amide bonds. The van der Waals surface area contributed by atoms with Crippen LogP contribution < -0.4 is 4.72 Å². The number of carboxylic acid groups (broad SMARTS) is 1. The SMILES string of the molecule is CCCCS(=O)(=O)Nc1ccccc1CC(=O)O. The summed E-state index contributed by atoms with van der Waals surface area (Å²) in [4.78, 5) is 10.7. The van der Waals surface area contributed by atoms with Gasteiger partial charge in [-0.1, -0.05) is 31.5 Å². The topological polar surface area (TPSA) is 83.5 Å². The zero-order chi connectivity index (χ0) is 13.6. The van der Waals surface area contributed by atoms with E-state index in [1.807, 2.05) is 6.92 Å². The third kappa shape index (κ3) is 4.75. The summed E-state index contributed by atoms with van der Waals surface area (Å²) < 4.78 is 25.9. The van der Waals surface area contributed by atoms with Crippen LogP contribution in [0.5, 0.6) is 0 Å². The highest BCUT2D eigenvalue weighted by Gasteiger charge is 2.13. The molecule has 18 heavy (non-hydrogen) atoms. The number of carboxylic acids is 1. The molecule has 0 unspecified atom stereocenters. The van der Waals surface area contributed by atoms with Crippen LogP contribution >= 0.6 is 0 Å². The molecule has 0 radical (unpaired) electrons. The normalized spacial score (nSPS) is 11.2. The fraction of sp³-hybridized carbons (Fsp3) is 0.417. The predicted octanol–water partition coefficient (Wildman–Crippen LogP) is 1.86. The Kier molecular flexibility index (Phi) is 5.15. The molecule has 0 saturated heterocycles. The quantitative estimate of drug-likeness (QED) is 0.792. The molecular formula is C12H17NO4S. The second-order valence-electron chi connectivity index (χ2n) is 4.00. The smallest absolute Gasteiger partial charge is 0.307 e. The van der Waals surface area contributed by atoms with Gasteiger partial charge < -0.3 is 5.11 Å². The van der Waals surface area contributed by atoms with Crippen molar-refractivity contribution >= 4 is 21.7 Å². The number of rotatable bonds is 7. The minimum atomic E-state index is -3.40. The molecule has 0 aliphatic rings. The number of para-hydroxylation sites is 1. The summed E-state index contributed by atoms with van der Waals surface area (Å²) in [5.74, 6) is -0.944. The number of sulfonamides is 1. The fourth-order valence-electron chi connectivity index (χ4n) is 1.49. The number of unbranched alkanes of at least 4 members (excludes halogenated alkanes) is 1. The Morgan fingerprint density at radius 2 is 2.00 bits per heavy atom. The van der Waals surface area contributed by atoms with Gasteiger partial charge >= 0.3 is 5.97 Å². The Labute approximate surface area is 107 Å². The van der Waals surface area contributed by atoms with Crippen molar-refractivity contribution in [3.05, 3.63) is 29.8 Å². The zero-order valence-electron chi connectivity index (χ0n) is 10.2. The number of hydrogen-bond donors (Lipinski definition) is 2. The van der Waals surface area contributed by atoms with Crippen LogP contribution in [-0.2, 0) is 21.2 Å². The Morgan fingerprint density at radius 1 is 1.33 bits per heavy atom. The van der Waals surface area contributed by atoms with Gasteiger partial charge in [0.1, 0.15) is 0 Å². The van der Waals surface area contributed by atoms with E-state index in [0.29, 0.717) is 17.7 Å². The minimum Gasteiger partial charge on any atom is -0.481 e. The number of carbonyl (C=O) groups is 1. The van der Waals surface area contributed by atoms with Gasteiger partial charge in [-0.3, -0.25) is 9.52 Å². The van der Waals surface area contributed by atoms with E-state index >= 15 is 0 Å². The minimum absolute atomic E-state index is 0.0465. The van der Waals surface area contributed by atoms with Crippen LogP contribution in [0.15, 0.2) is 24.3 Å². The van der Waals surface area contributed by atoms with E-state index in [0.717, 1.165) is 6.42 Å². The second kappa shape index (κ2) is 6.39. The Morgan fingerprint density at radius 3 is 2.61 bits per heavy atom. The molecule has 0 fully saturated rings. The molecule has 1 aromatic rings. The Hall–Kier alpha value is -1.56. The van der Waals surface area contributed by atoms with Gasteiger partial charge in [0.05, 0.1) is 17.9 Å². The number of nitrogens with one attached hydrogen (secondary N) is 1. The lowest BCUT2D eigenvalue weighted by atomic mass is 10.1. The number of hydrogen-bond acceptors (Lipinski definition) is 3. The molecule has 0 bridgehead atoms. The second-order valence-corrected chi connectivity index (χ2v) is 5.84. The zero-order valence-corrected chi connectivity index (χ0v) is 11.0. The van der Waals surface area contributed by atoms with Crippen LogP contribution in [0.1, 0.15) is 25.3 Å². The molecule has 0 heterocycles. The van der Waals surface area contributed by atoms with Gasteiger partial charge in [0.2, 0.25) is 10.0 Å². The van der Waals surface area contributed by atoms with E-state index in [9.17, 15) is 13.2 Å².